The van der Waals surface area contributed by atoms with Gasteiger partial charge in [0.2, 0.25) is 10.0 Å². The lowest BCUT2D eigenvalue weighted by Crippen LogP contribution is -2.28. The van der Waals surface area contributed by atoms with Crippen molar-refractivity contribution in [1.82, 2.24) is 4.72 Å². The topological polar surface area (TPSA) is 81.4 Å². The second-order valence-corrected chi connectivity index (χ2v) is 6.12. The molecule has 0 amide bonds. The van der Waals surface area contributed by atoms with E-state index in [1.54, 1.807) is 19.1 Å². The van der Waals surface area contributed by atoms with Crippen molar-refractivity contribution in [2.75, 3.05) is 25.5 Å². The predicted molar refractivity (Wildman–Crippen MR) is 76.5 cm³/mol. The highest BCUT2D eigenvalue weighted by Crippen LogP contribution is 2.17. The van der Waals surface area contributed by atoms with Crippen molar-refractivity contribution in [3.05, 3.63) is 23.8 Å². The molecule has 19 heavy (non-hydrogen) atoms. The van der Waals surface area contributed by atoms with E-state index in [9.17, 15) is 8.42 Å². The molecule has 1 aromatic carbocycles. The quantitative estimate of drug-likeness (QED) is 0.562. The summed E-state index contributed by atoms with van der Waals surface area (Å²) in [5.74, 6) is 0. The molecule has 0 bridgehead atoms. The molecule has 0 aliphatic carbocycles. The number of sulfonamides is 1. The summed E-state index contributed by atoms with van der Waals surface area (Å²) in [6.07, 6.45) is 2.05. The van der Waals surface area contributed by atoms with Crippen LogP contribution >= 0.6 is 0 Å². The second-order valence-electron chi connectivity index (χ2n) is 4.39. The first-order chi connectivity index (χ1) is 8.97. The average molecular weight is 286 g/mol. The summed E-state index contributed by atoms with van der Waals surface area (Å²) in [4.78, 5) is 0.223. The van der Waals surface area contributed by atoms with E-state index in [2.05, 4.69) is 11.6 Å². The van der Waals surface area contributed by atoms with Crippen molar-refractivity contribution in [1.29, 1.82) is 0 Å². The third-order valence-corrected chi connectivity index (χ3v) is 4.29. The highest BCUT2D eigenvalue weighted by Gasteiger charge is 2.16. The smallest absolute Gasteiger partial charge is 0.240 e. The molecule has 0 fully saturated rings. The normalized spacial score (nSPS) is 11.7. The molecule has 0 radical (unpaired) electrons. The minimum atomic E-state index is -3.52. The number of nitrogens with one attached hydrogen (secondary N) is 1. The van der Waals surface area contributed by atoms with Gasteiger partial charge in [-0.3, -0.25) is 0 Å². The maximum absolute atomic E-state index is 12.1. The van der Waals surface area contributed by atoms with Gasteiger partial charge >= 0.3 is 0 Å². The number of aryl methyl sites for hydroxylation is 1. The van der Waals surface area contributed by atoms with Gasteiger partial charge < -0.3 is 10.5 Å². The van der Waals surface area contributed by atoms with Gasteiger partial charge in [0.1, 0.15) is 0 Å². The van der Waals surface area contributed by atoms with Gasteiger partial charge in [0, 0.05) is 18.8 Å². The van der Waals surface area contributed by atoms with E-state index in [0.29, 0.717) is 24.5 Å². The number of nitrogen functional groups attached to an aromatic ring is 1. The molecule has 0 saturated carbocycles. The number of benzene rings is 1. The van der Waals surface area contributed by atoms with Gasteiger partial charge in [-0.1, -0.05) is 19.4 Å². The first kappa shape index (κ1) is 15.9. The Morgan fingerprint density at radius 1 is 1.32 bits per heavy atom. The fourth-order valence-electron chi connectivity index (χ4n) is 1.58. The Morgan fingerprint density at radius 3 is 2.74 bits per heavy atom. The summed E-state index contributed by atoms with van der Waals surface area (Å²) in [5, 5.41) is 0. The Hall–Kier alpha value is -1.11. The van der Waals surface area contributed by atoms with Crippen molar-refractivity contribution < 1.29 is 13.2 Å². The van der Waals surface area contributed by atoms with Crippen molar-refractivity contribution in [3.63, 3.8) is 0 Å². The van der Waals surface area contributed by atoms with Crippen molar-refractivity contribution in [3.8, 4) is 0 Å². The summed E-state index contributed by atoms with van der Waals surface area (Å²) in [6, 6.07) is 4.85. The number of unbranched alkanes of at least 4 members (excludes halogenated alkanes) is 1. The van der Waals surface area contributed by atoms with Crippen LogP contribution < -0.4 is 10.5 Å². The van der Waals surface area contributed by atoms with Crippen LogP contribution in [0.3, 0.4) is 0 Å². The standard InChI is InChI=1S/C13H22N2O3S/c1-3-4-8-18-9-7-15-19(16,17)13-10-12(14)6-5-11(13)2/h5-6,10,15H,3-4,7-9,14H2,1-2H3. The molecule has 0 saturated heterocycles. The van der Waals surface area contributed by atoms with E-state index < -0.39 is 10.0 Å². The molecule has 0 heterocycles. The molecule has 0 aliphatic heterocycles. The molecule has 0 aliphatic rings. The van der Waals surface area contributed by atoms with Crippen LogP contribution in [0.15, 0.2) is 23.1 Å². The lowest BCUT2D eigenvalue weighted by Gasteiger charge is -2.10. The van der Waals surface area contributed by atoms with Gasteiger partial charge in [0.15, 0.2) is 0 Å². The Kier molecular flexibility index (Phi) is 6.27. The van der Waals surface area contributed by atoms with Crippen LogP contribution in [0.1, 0.15) is 25.3 Å². The van der Waals surface area contributed by atoms with Crippen LogP contribution in [0, 0.1) is 6.92 Å². The molecule has 0 spiro atoms. The average Bonchev–Trinajstić information content (AvgIpc) is 2.36. The number of hydrogen-bond donors (Lipinski definition) is 2. The molecule has 108 valence electrons. The van der Waals surface area contributed by atoms with E-state index >= 15 is 0 Å². The maximum Gasteiger partial charge on any atom is 0.240 e. The molecule has 0 atom stereocenters. The zero-order valence-electron chi connectivity index (χ0n) is 11.5. The van der Waals surface area contributed by atoms with E-state index in [-0.39, 0.29) is 11.4 Å². The minimum absolute atomic E-state index is 0.223. The largest absolute Gasteiger partial charge is 0.399 e. The molecule has 1 rings (SSSR count). The lowest BCUT2D eigenvalue weighted by atomic mass is 10.2. The van der Waals surface area contributed by atoms with Gasteiger partial charge in [-0.15, -0.1) is 0 Å². The summed E-state index contributed by atoms with van der Waals surface area (Å²) < 4.78 is 32.0. The molecule has 6 heteroatoms. The van der Waals surface area contributed by atoms with Gasteiger partial charge in [0.05, 0.1) is 11.5 Å². The molecule has 3 N–H and O–H groups in total. The number of anilines is 1. The third-order valence-electron chi connectivity index (χ3n) is 2.68. The highest BCUT2D eigenvalue weighted by atomic mass is 32.2. The second kappa shape index (κ2) is 7.47. The molecule has 0 aromatic heterocycles. The van der Waals surface area contributed by atoms with Gasteiger partial charge in [-0.2, -0.15) is 0 Å². The van der Waals surface area contributed by atoms with Crippen molar-refractivity contribution in [2.24, 2.45) is 0 Å². The summed E-state index contributed by atoms with van der Waals surface area (Å²) in [5.41, 5.74) is 6.73. The van der Waals surface area contributed by atoms with Gasteiger partial charge in [-0.05, 0) is 31.0 Å². The Morgan fingerprint density at radius 2 is 2.05 bits per heavy atom. The summed E-state index contributed by atoms with van der Waals surface area (Å²) >= 11 is 0. The fourth-order valence-corrected chi connectivity index (χ4v) is 2.87. The SMILES string of the molecule is CCCCOCCNS(=O)(=O)c1cc(N)ccc1C. The Bertz CT molecular complexity index is 501. The molecule has 1 aromatic rings. The van der Waals surface area contributed by atoms with E-state index in [0.717, 1.165) is 12.8 Å². The van der Waals surface area contributed by atoms with E-state index in [4.69, 9.17) is 10.5 Å². The Labute approximate surface area is 115 Å². The van der Waals surface area contributed by atoms with Crippen LogP contribution in [0.5, 0.6) is 0 Å². The maximum atomic E-state index is 12.1. The number of ether oxygens (including phenoxy) is 1. The number of nitrogens with two attached hydrogens (primary N) is 1. The first-order valence-corrected chi connectivity index (χ1v) is 7.89. The first-order valence-electron chi connectivity index (χ1n) is 6.41. The number of rotatable bonds is 8. The molecule has 5 nitrogen and oxygen atoms in total. The lowest BCUT2D eigenvalue weighted by molar-refractivity contribution is 0.136. The summed E-state index contributed by atoms with van der Waals surface area (Å²) in [6.45, 7) is 5.12. The monoisotopic (exact) mass is 286 g/mol. The van der Waals surface area contributed by atoms with Crippen LogP contribution in [0.2, 0.25) is 0 Å². The van der Waals surface area contributed by atoms with Crippen LogP contribution in [0.4, 0.5) is 5.69 Å². The zero-order chi connectivity index (χ0) is 14.3. The Balaban J connectivity index is 2.54. The van der Waals surface area contributed by atoms with E-state index in [1.165, 1.54) is 6.07 Å². The zero-order valence-corrected chi connectivity index (χ0v) is 12.3. The number of hydrogen-bond acceptors (Lipinski definition) is 4. The third kappa shape index (κ3) is 5.18. The van der Waals surface area contributed by atoms with Crippen molar-refractivity contribution >= 4 is 15.7 Å². The summed E-state index contributed by atoms with van der Waals surface area (Å²) in [7, 11) is -3.52. The molecule has 0 unspecified atom stereocenters. The fraction of sp³-hybridized carbons (Fsp3) is 0.538. The van der Waals surface area contributed by atoms with Crippen LogP contribution in [-0.2, 0) is 14.8 Å². The predicted octanol–water partition coefficient (Wildman–Crippen LogP) is 1.67. The van der Waals surface area contributed by atoms with Crippen LogP contribution in [0.25, 0.3) is 0 Å². The van der Waals surface area contributed by atoms with Crippen molar-refractivity contribution in [2.45, 2.75) is 31.6 Å². The van der Waals surface area contributed by atoms with E-state index in [1.807, 2.05) is 0 Å². The molecular weight excluding hydrogens is 264 g/mol. The highest BCUT2D eigenvalue weighted by molar-refractivity contribution is 7.89. The molecular formula is C13H22N2O3S. The van der Waals surface area contributed by atoms with Gasteiger partial charge in [0.25, 0.3) is 0 Å². The minimum Gasteiger partial charge on any atom is -0.399 e. The van der Waals surface area contributed by atoms with Crippen LogP contribution in [-0.4, -0.2) is 28.2 Å². The van der Waals surface area contributed by atoms with Gasteiger partial charge in [-0.25, -0.2) is 13.1 Å².